The third-order valence-corrected chi connectivity index (χ3v) is 4.25. The lowest BCUT2D eigenvalue weighted by Crippen LogP contribution is -2.25. The van der Waals surface area contributed by atoms with Gasteiger partial charge in [0.25, 0.3) is 5.56 Å². The Balaban J connectivity index is 1.87. The van der Waals surface area contributed by atoms with Crippen LogP contribution in [0.3, 0.4) is 0 Å². The number of hydrogen-bond acceptors (Lipinski definition) is 3. The normalized spacial score (nSPS) is 10.2. The van der Waals surface area contributed by atoms with Crippen LogP contribution in [0.2, 0.25) is 0 Å². The predicted octanol–water partition coefficient (Wildman–Crippen LogP) is 3.17. The third kappa shape index (κ3) is 3.36. The Hall–Kier alpha value is -3.37. The zero-order chi connectivity index (χ0) is 18.7. The number of thiocarbonyl (C=S) groups is 1. The molecule has 0 unspecified atom stereocenters. The molecule has 26 heavy (non-hydrogen) atoms. The molecule has 0 aliphatic heterocycles. The summed E-state index contributed by atoms with van der Waals surface area (Å²) in [5, 5.41) is 15.2. The van der Waals surface area contributed by atoms with Crippen LogP contribution in [0.5, 0.6) is 0 Å². The highest BCUT2D eigenvalue weighted by atomic mass is 32.1. The second-order valence-electron chi connectivity index (χ2n) is 5.71. The summed E-state index contributed by atoms with van der Waals surface area (Å²) < 4.78 is 3.36. The van der Waals surface area contributed by atoms with Gasteiger partial charge in [0.15, 0.2) is 5.11 Å². The van der Waals surface area contributed by atoms with E-state index >= 15 is 0 Å². The molecule has 6 nitrogen and oxygen atoms in total. The van der Waals surface area contributed by atoms with E-state index in [4.69, 9.17) is 17.5 Å². The monoisotopic (exact) mass is 363 g/mol. The Morgan fingerprint density at radius 1 is 1.12 bits per heavy atom. The van der Waals surface area contributed by atoms with Crippen LogP contribution in [0.15, 0.2) is 59.4 Å². The van der Waals surface area contributed by atoms with Gasteiger partial charge in [-0.1, -0.05) is 24.3 Å². The Kier molecular flexibility index (Phi) is 4.87. The second-order valence-corrected chi connectivity index (χ2v) is 6.12. The van der Waals surface area contributed by atoms with Crippen molar-refractivity contribution < 1.29 is 0 Å². The lowest BCUT2D eigenvalue weighted by Gasteiger charge is -2.09. The summed E-state index contributed by atoms with van der Waals surface area (Å²) in [7, 11) is 1.82. The van der Waals surface area contributed by atoms with Crippen molar-refractivity contribution in [3.05, 3.63) is 76.2 Å². The van der Waals surface area contributed by atoms with Gasteiger partial charge in [-0.25, -0.2) is 4.68 Å². The van der Waals surface area contributed by atoms with Gasteiger partial charge in [0, 0.05) is 12.7 Å². The van der Waals surface area contributed by atoms with Crippen molar-refractivity contribution in [1.29, 1.82) is 5.26 Å². The van der Waals surface area contributed by atoms with Crippen LogP contribution >= 0.6 is 12.2 Å². The van der Waals surface area contributed by atoms with Gasteiger partial charge in [-0.05, 0) is 49.5 Å². The topological polar surface area (TPSA) is 74.8 Å². The molecule has 0 atom stereocenters. The lowest BCUT2D eigenvalue weighted by atomic mass is 10.2. The van der Waals surface area contributed by atoms with Crippen LogP contribution in [0.1, 0.15) is 11.3 Å². The van der Waals surface area contributed by atoms with Crippen LogP contribution in [-0.2, 0) is 7.05 Å². The summed E-state index contributed by atoms with van der Waals surface area (Å²) in [4.78, 5) is 12.8. The number of aromatic nitrogens is 2. The molecule has 0 spiro atoms. The van der Waals surface area contributed by atoms with Crippen molar-refractivity contribution >= 4 is 28.7 Å². The molecule has 3 rings (SSSR count). The van der Waals surface area contributed by atoms with Crippen molar-refractivity contribution in [2.45, 2.75) is 6.92 Å². The molecule has 1 aromatic heterocycles. The van der Waals surface area contributed by atoms with Crippen molar-refractivity contribution in [2.24, 2.45) is 7.05 Å². The van der Waals surface area contributed by atoms with Gasteiger partial charge in [0.2, 0.25) is 0 Å². The molecule has 7 heteroatoms. The smallest absolute Gasteiger partial charge is 0.295 e. The zero-order valence-corrected chi connectivity index (χ0v) is 15.2. The van der Waals surface area contributed by atoms with Gasteiger partial charge in [-0.3, -0.25) is 9.48 Å². The van der Waals surface area contributed by atoms with Gasteiger partial charge < -0.3 is 10.6 Å². The highest BCUT2D eigenvalue weighted by Gasteiger charge is 2.16. The fraction of sp³-hybridized carbons (Fsp3) is 0.105. The number of nitriles is 1. The highest BCUT2D eigenvalue weighted by Crippen LogP contribution is 2.15. The number of rotatable bonds is 3. The highest BCUT2D eigenvalue weighted by molar-refractivity contribution is 7.80. The fourth-order valence-electron chi connectivity index (χ4n) is 2.65. The Bertz CT molecular complexity index is 1060. The first-order valence-corrected chi connectivity index (χ1v) is 8.34. The quantitative estimate of drug-likeness (QED) is 0.699. The number of anilines is 2. The predicted molar refractivity (Wildman–Crippen MR) is 107 cm³/mol. The molecular formula is C19H17N5OS. The largest absolute Gasteiger partial charge is 0.332 e. The molecule has 0 amide bonds. The maximum Gasteiger partial charge on any atom is 0.295 e. The minimum atomic E-state index is -0.189. The molecule has 0 saturated heterocycles. The van der Waals surface area contributed by atoms with E-state index in [1.165, 1.54) is 0 Å². The van der Waals surface area contributed by atoms with Crippen molar-refractivity contribution in [1.82, 2.24) is 9.36 Å². The standard InChI is InChI=1S/C19H17N5OS/c1-13-17(18(25)24(23(13)2)16-9-4-3-5-10-16)22-19(26)21-15-8-6-7-14(11-15)12-20/h3-11H,1-2H3,(H2,21,22,26). The van der Waals surface area contributed by atoms with E-state index in [0.717, 1.165) is 11.4 Å². The van der Waals surface area contributed by atoms with Crippen LogP contribution < -0.4 is 16.2 Å². The lowest BCUT2D eigenvalue weighted by molar-refractivity contribution is 0.630. The first-order valence-electron chi connectivity index (χ1n) is 7.93. The average Bonchev–Trinajstić information content (AvgIpc) is 2.86. The van der Waals surface area contributed by atoms with E-state index in [-0.39, 0.29) is 10.7 Å². The van der Waals surface area contributed by atoms with Crippen molar-refractivity contribution in [3.63, 3.8) is 0 Å². The molecule has 0 radical (unpaired) electrons. The maximum atomic E-state index is 12.8. The third-order valence-electron chi connectivity index (χ3n) is 4.04. The first-order chi connectivity index (χ1) is 12.5. The Morgan fingerprint density at radius 2 is 1.85 bits per heavy atom. The summed E-state index contributed by atoms with van der Waals surface area (Å²) in [6.07, 6.45) is 0. The molecule has 1 heterocycles. The molecule has 2 N–H and O–H groups in total. The molecule has 0 aliphatic rings. The molecule has 2 aromatic carbocycles. The van der Waals surface area contributed by atoms with Gasteiger partial charge in [0.05, 0.1) is 23.0 Å². The van der Waals surface area contributed by atoms with E-state index in [9.17, 15) is 4.79 Å². The van der Waals surface area contributed by atoms with Crippen LogP contribution in [0.4, 0.5) is 11.4 Å². The Morgan fingerprint density at radius 3 is 2.54 bits per heavy atom. The van der Waals surface area contributed by atoms with E-state index in [0.29, 0.717) is 16.9 Å². The van der Waals surface area contributed by atoms with Gasteiger partial charge >= 0.3 is 0 Å². The molecule has 0 bridgehead atoms. The fourth-order valence-corrected chi connectivity index (χ4v) is 2.87. The minimum Gasteiger partial charge on any atom is -0.332 e. The summed E-state index contributed by atoms with van der Waals surface area (Å²) in [6, 6.07) is 18.4. The number of benzene rings is 2. The van der Waals surface area contributed by atoms with Crippen LogP contribution in [0.25, 0.3) is 5.69 Å². The molecule has 0 fully saturated rings. The SMILES string of the molecule is Cc1c(NC(=S)Nc2cccc(C#N)c2)c(=O)n(-c2ccccc2)n1C. The van der Waals surface area contributed by atoms with E-state index < -0.39 is 0 Å². The van der Waals surface area contributed by atoms with Crippen LogP contribution in [0, 0.1) is 18.3 Å². The molecular weight excluding hydrogens is 346 g/mol. The number of nitrogens with zero attached hydrogens (tertiary/aromatic N) is 3. The average molecular weight is 363 g/mol. The molecule has 0 aliphatic carbocycles. The summed E-state index contributed by atoms with van der Waals surface area (Å²) >= 11 is 5.32. The number of para-hydroxylation sites is 1. The van der Waals surface area contributed by atoms with Crippen molar-refractivity contribution in [3.8, 4) is 11.8 Å². The van der Waals surface area contributed by atoms with Gasteiger partial charge in [-0.2, -0.15) is 5.26 Å². The summed E-state index contributed by atoms with van der Waals surface area (Å²) in [5.74, 6) is 0. The number of nitrogens with one attached hydrogen (secondary N) is 2. The van der Waals surface area contributed by atoms with Gasteiger partial charge in [-0.15, -0.1) is 0 Å². The zero-order valence-electron chi connectivity index (χ0n) is 14.4. The van der Waals surface area contributed by atoms with E-state index in [1.807, 2.05) is 44.3 Å². The summed E-state index contributed by atoms with van der Waals surface area (Å²) in [5.41, 5.74) is 2.96. The molecule has 130 valence electrons. The summed E-state index contributed by atoms with van der Waals surface area (Å²) in [6.45, 7) is 1.85. The Labute approximate surface area is 156 Å². The maximum absolute atomic E-state index is 12.8. The van der Waals surface area contributed by atoms with Crippen LogP contribution in [-0.4, -0.2) is 14.5 Å². The molecule has 0 saturated carbocycles. The van der Waals surface area contributed by atoms with Crippen molar-refractivity contribution in [2.75, 3.05) is 10.6 Å². The van der Waals surface area contributed by atoms with Gasteiger partial charge in [0.1, 0.15) is 5.69 Å². The molecule has 3 aromatic rings. The minimum absolute atomic E-state index is 0.189. The van der Waals surface area contributed by atoms with E-state index in [2.05, 4.69) is 16.7 Å². The first kappa shape index (κ1) is 17.5. The second kappa shape index (κ2) is 7.25. The van der Waals surface area contributed by atoms with E-state index in [1.54, 1.807) is 33.6 Å². The number of hydrogen-bond donors (Lipinski definition) is 2.